The summed E-state index contributed by atoms with van der Waals surface area (Å²) in [5.41, 5.74) is 3.60. The van der Waals surface area contributed by atoms with Gasteiger partial charge in [-0.1, -0.05) is 32.0 Å². The van der Waals surface area contributed by atoms with Crippen LogP contribution in [0.15, 0.2) is 51.7 Å². The predicted octanol–water partition coefficient (Wildman–Crippen LogP) is 4.24. The van der Waals surface area contributed by atoms with Gasteiger partial charge in [-0.2, -0.15) is 0 Å². The number of carbonyl (C=O) groups is 1. The SMILES string of the molecule is CCc1ccccc1NC(=O)COc1ccc2c(C)c(CC)c(=O)oc2c1. The van der Waals surface area contributed by atoms with Crippen LogP contribution in [0, 0.1) is 6.92 Å². The van der Waals surface area contributed by atoms with Crippen LogP contribution >= 0.6 is 0 Å². The third-order valence-electron chi connectivity index (χ3n) is 4.65. The second kappa shape index (κ2) is 8.08. The van der Waals surface area contributed by atoms with Crippen molar-refractivity contribution in [3.05, 3.63) is 69.6 Å². The number of hydrogen-bond acceptors (Lipinski definition) is 4. The molecule has 5 nitrogen and oxygen atoms in total. The Morgan fingerprint density at radius 3 is 2.63 bits per heavy atom. The van der Waals surface area contributed by atoms with Gasteiger partial charge >= 0.3 is 5.63 Å². The fourth-order valence-corrected chi connectivity index (χ4v) is 3.16. The number of fused-ring (bicyclic) bond motifs is 1. The van der Waals surface area contributed by atoms with Crippen molar-refractivity contribution in [2.75, 3.05) is 11.9 Å². The fourth-order valence-electron chi connectivity index (χ4n) is 3.16. The van der Waals surface area contributed by atoms with Crippen molar-refractivity contribution >= 4 is 22.6 Å². The molecule has 3 rings (SSSR count). The molecule has 1 N–H and O–H groups in total. The minimum absolute atomic E-state index is 0.125. The summed E-state index contributed by atoms with van der Waals surface area (Å²) in [5, 5.41) is 3.74. The Bertz CT molecular complexity index is 1040. The molecule has 1 heterocycles. The van der Waals surface area contributed by atoms with Gasteiger partial charge in [-0.15, -0.1) is 0 Å². The molecule has 0 fully saturated rings. The highest BCUT2D eigenvalue weighted by molar-refractivity contribution is 5.92. The second-order valence-electron chi connectivity index (χ2n) is 6.35. The lowest BCUT2D eigenvalue weighted by Gasteiger charge is -2.11. The minimum atomic E-state index is -0.325. The number of ether oxygens (including phenoxy) is 1. The number of para-hydroxylation sites is 1. The van der Waals surface area contributed by atoms with Crippen LogP contribution in [0.1, 0.15) is 30.5 Å². The van der Waals surface area contributed by atoms with E-state index in [1.807, 2.05) is 51.1 Å². The average molecular weight is 365 g/mol. The van der Waals surface area contributed by atoms with E-state index in [9.17, 15) is 9.59 Å². The van der Waals surface area contributed by atoms with E-state index in [1.165, 1.54) is 0 Å². The zero-order valence-electron chi connectivity index (χ0n) is 15.8. The number of amides is 1. The number of carbonyl (C=O) groups excluding carboxylic acids is 1. The van der Waals surface area contributed by atoms with Crippen LogP contribution in [0.4, 0.5) is 5.69 Å². The molecule has 0 spiro atoms. The Kier molecular flexibility index (Phi) is 5.60. The van der Waals surface area contributed by atoms with Crippen molar-refractivity contribution in [2.45, 2.75) is 33.6 Å². The summed E-state index contributed by atoms with van der Waals surface area (Å²) in [6, 6.07) is 13.0. The van der Waals surface area contributed by atoms with Crippen LogP contribution in [0.25, 0.3) is 11.0 Å². The number of nitrogens with one attached hydrogen (secondary N) is 1. The first-order chi connectivity index (χ1) is 13.0. The Hall–Kier alpha value is -3.08. The van der Waals surface area contributed by atoms with E-state index in [1.54, 1.807) is 12.1 Å². The summed E-state index contributed by atoms with van der Waals surface area (Å²) < 4.78 is 11.0. The average Bonchev–Trinajstić information content (AvgIpc) is 2.67. The topological polar surface area (TPSA) is 68.5 Å². The van der Waals surface area contributed by atoms with Gasteiger partial charge in [-0.3, -0.25) is 4.79 Å². The van der Waals surface area contributed by atoms with Gasteiger partial charge in [0.2, 0.25) is 0 Å². The Morgan fingerprint density at radius 2 is 1.89 bits per heavy atom. The molecule has 0 aliphatic rings. The second-order valence-corrected chi connectivity index (χ2v) is 6.35. The predicted molar refractivity (Wildman–Crippen MR) is 107 cm³/mol. The van der Waals surface area contributed by atoms with Crippen LogP contribution in [0.2, 0.25) is 0 Å². The van der Waals surface area contributed by atoms with E-state index in [2.05, 4.69) is 5.32 Å². The third-order valence-corrected chi connectivity index (χ3v) is 4.65. The molecule has 0 saturated carbocycles. The smallest absolute Gasteiger partial charge is 0.339 e. The molecule has 0 unspecified atom stereocenters. The molecular formula is C22H23NO4. The molecule has 5 heteroatoms. The third kappa shape index (κ3) is 4.03. The van der Waals surface area contributed by atoms with Gasteiger partial charge in [-0.05, 0) is 49.1 Å². The van der Waals surface area contributed by atoms with Gasteiger partial charge in [0.05, 0.1) is 0 Å². The van der Waals surface area contributed by atoms with Crippen LogP contribution in [0.5, 0.6) is 5.75 Å². The molecule has 140 valence electrons. The van der Waals surface area contributed by atoms with E-state index >= 15 is 0 Å². The van der Waals surface area contributed by atoms with Gasteiger partial charge in [0.25, 0.3) is 5.91 Å². The zero-order chi connectivity index (χ0) is 19.4. The molecule has 0 bridgehead atoms. The summed E-state index contributed by atoms with van der Waals surface area (Å²) >= 11 is 0. The standard InChI is InChI=1S/C22H23NO4/c1-4-15-8-6-7-9-19(15)23-21(24)13-26-16-10-11-18-14(3)17(5-2)22(25)27-20(18)12-16/h6-12H,4-5,13H2,1-3H3,(H,23,24). The van der Waals surface area contributed by atoms with Crippen molar-refractivity contribution in [2.24, 2.45) is 0 Å². The molecule has 0 aliphatic heterocycles. The normalized spacial score (nSPS) is 10.8. The van der Waals surface area contributed by atoms with Crippen molar-refractivity contribution in [3.8, 4) is 5.75 Å². The summed E-state index contributed by atoms with van der Waals surface area (Å²) in [5.74, 6) is 0.239. The highest BCUT2D eigenvalue weighted by atomic mass is 16.5. The van der Waals surface area contributed by atoms with E-state index in [0.717, 1.165) is 28.6 Å². The number of aryl methyl sites for hydroxylation is 2. The number of anilines is 1. The van der Waals surface area contributed by atoms with E-state index in [0.29, 0.717) is 23.3 Å². The van der Waals surface area contributed by atoms with Crippen LogP contribution < -0.4 is 15.7 Å². The molecule has 0 saturated heterocycles. The monoisotopic (exact) mass is 365 g/mol. The van der Waals surface area contributed by atoms with E-state index in [-0.39, 0.29) is 18.1 Å². The number of rotatable bonds is 6. The van der Waals surface area contributed by atoms with E-state index < -0.39 is 0 Å². The van der Waals surface area contributed by atoms with E-state index in [4.69, 9.17) is 9.15 Å². The largest absolute Gasteiger partial charge is 0.484 e. The molecule has 1 aromatic heterocycles. The van der Waals surface area contributed by atoms with Crippen LogP contribution in [-0.2, 0) is 17.6 Å². The maximum Gasteiger partial charge on any atom is 0.339 e. The highest BCUT2D eigenvalue weighted by Crippen LogP contribution is 2.24. The van der Waals surface area contributed by atoms with Gasteiger partial charge in [0, 0.05) is 22.7 Å². The quantitative estimate of drug-likeness (QED) is 0.663. The molecule has 0 radical (unpaired) electrons. The first-order valence-corrected chi connectivity index (χ1v) is 9.10. The fraction of sp³-hybridized carbons (Fsp3) is 0.273. The number of hydrogen-bond donors (Lipinski definition) is 1. The maximum absolute atomic E-state index is 12.2. The summed E-state index contributed by atoms with van der Waals surface area (Å²) in [6.45, 7) is 5.76. The van der Waals surface area contributed by atoms with Crippen LogP contribution in [0.3, 0.4) is 0 Å². The first kappa shape index (κ1) is 18.7. The highest BCUT2D eigenvalue weighted by Gasteiger charge is 2.11. The molecule has 3 aromatic rings. The maximum atomic E-state index is 12.2. The summed E-state index contributed by atoms with van der Waals surface area (Å²) in [6.07, 6.45) is 1.46. The lowest BCUT2D eigenvalue weighted by atomic mass is 10.0. The summed E-state index contributed by atoms with van der Waals surface area (Å²) in [7, 11) is 0. The van der Waals surface area contributed by atoms with Crippen molar-refractivity contribution in [1.29, 1.82) is 0 Å². The molecule has 2 aromatic carbocycles. The molecule has 0 atom stereocenters. The van der Waals surface area contributed by atoms with Gasteiger partial charge in [0.15, 0.2) is 6.61 Å². The van der Waals surface area contributed by atoms with Crippen molar-refractivity contribution in [1.82, 2.24) is 0 Å². The Labute approximate surface area is 158 Å². The molecule has 1 amide bonds. The molecule has 27 heavy (non-hydrogen) atoms. The van der Waals surface area contributed by atoms with Gasteiger partial charge in [-0.25, -0.2) is 4.79 Å². The van der Waals surface area contributed by atoms with Crippen molar-refractivity contribution in [3.63, 3.8) is 0 Å². The Balaban J connectivity index is 1.73. The lowest BCUT2D eigenvalue weighted by molar-refractivity contribution is -0.118. The van der Waals surface area contributed by atoms with Gasteiger partial charge < -0.3 is 14.5 Å². The molecule has 0 aliphatic carbocycles. The van der Waals surface area contributed by atoms with Gasteiger partial charge in [0.1, 0.15) is 11.3 Å². The molecular weight excluding hydrogens is 342 g/mol. The zero-order valence-corrected chi connectivity index (χ0v) is 15.8. The Morgan fingerprint density at radius 1 is 1.11 bits per heavy atom. The lowest BCUT2D eigenvalue weighted by Crippen LogP contribution is -2.20. The van der Waals surface area contributed by atoms with Crippen LogP contribution in [-0.4, -0.2) is 12.5 Å². The minimum Gasteiger partial charge on any atom is -0.484 e. The number of benzene rings is 2. The summed E-state index contributed by atoms with van der Waals surface area (Å²) in [4.78, 5) is 24.3. The van der Waals surface area contributed by atoms with Crippen molar-refractivity contribution < 1.29 is 13.9 Å². The first-order valence-electron chi connectivity index (χ1n) is 9.10.